The maximum absolute atomic E-state index is 13.3. The van der Waals surface area contributed by atoms with Crippen molar-refractivity contribution in [2.75, 3.05) is 72.6 Å². The minimum Gasteiger partial charge on any atom is -0.493 e. The summed E-state index contributed by atoms with van der Waals surface area (Å²) in [7, 11) is 0. The van der Waals surface area contributed by atoms with Crippen LogP contribution in [-0.2, 0) is 30.3 Å². The van der Waals surface area contributed by atoms with Crippen LogP contribution in [-0.4, -0.2) is 123 Å². The molecule has 17 heteroatoms. The van der Waals surface area contributed by atoms with Crippen LogP contribution in [0.3, 0.4) is 0 Å². The molecule has 1 aromatic heterocycles. The number of aliphatic hydroxyl groups is 1. The van der Waals surface area contributed by atoms with Gasteiger partial charge in [0.15, 0.2) is 5.43 Å². The van der Waals surface area contributed by atoms with Crippen LogP contribution in [0.25, 0.3) is 22.3 Å². The summed E-state index contributed by atoms with van der Waals surface area (Å²) in [6.07, 6.45) is 2.09. The molecule has 0 spiro atoms. The van der Waals surface area contributed by atoms with Crippen LogP contribution in [0.4, 0.5) is 0 Å². The minimum atomic E-state index is -1.03. The molecule has 7 rings (SSSR count). The summed E-state index contributed by atoms with van der Waals surface area (Å²) < 4.78 is 40.4. The van der Waals surface area contributed by atoms with Gasteiger partial charge in [-0.25, -0.2) is 0 Å². The van der Waals surface area contributed by atoms with Crippen molar-refractivity contribution in [1.29, 1.82) is 0 Å². The number of amides is 4. The van der Waals surface area contributed by atoms with E-state index in [0.29, 0.717) is 90.8 Å². The van der Waals surface area contributed by atoms with Gasteiger partial charge in [-0.15, -0.1) is 0 Å². The van der Waals surface area contributed by atoms with Gasteiger partial charge in [0.25, 0.3) is 11.8 Å². The molecular formula is C44H48ClN3O13. The van der Waals surface area contributed by atoms with Gasteiger partial charge in [-0.05, 0) is 75.2 Å². The molecule has 4 amide bonds. The molecule has 2 atom stereocenters. The van der Waals surface area contributed by atoms with Crippen molar-refractivity contribution in [3.05, 3.63) is 86.5 Å². The molecule has 0 aliphatic carbocycles. The number of fused-ring (bicyclic) bond motifs is 2. The average molecular weight is 862 g/mol. The highest BCUT2D eigenvalue weighted by Crippen LogP contribution is 2.35. The molecule has 0 radical (unpaired) electrons. The van der Waals surface area contributed by atoms with Gasteiger partial charge in [0, 0.05) is 42.3 Å². The van der Waals surface area contributed by atoms with E-state index in [9.17, 15) is 29.1 Å². The first-order valence-electron chi connectivity index (χ1n) is 20.4. The Bertz CT molecular complexity index is 2320. The quantitative estimate of drug-likeness (QED) is 0.0886. The fourth-order valence-electron chi connectivity index (χ4n) is 7.61. The number of ether oxygens (including phenoxy) is 6. The molecule has 4 aromatic rings. The van der Waals surface area contributed by atoms with Gasteiger partial charge in [-0.2, -0.15) is 0 Å². The highest BCUT2D eigenvalue weighted by molar-refractivity contribution is 6.33. The Morgan fingerprint density at radius 1 is 0.770 bits per heavy atom. The van der Waals surface area contributed by atoms with Crippen LogP contribution >= 0.6 is 11.6 Å². The van der Waals surface area contributed by atoms with Gasteiger partial charge < -0.3 is 37.9 Å². The summed E-state index contributed by atoms with van der Waals surface area (Å²) in [6.45, 7) is 6.29. The number of nitrogens with zero attached hydrogens (tertiary/aromatic N) is 2. The van der Waals surface area contributed by atoms with E-state index in [0.717, 1.165) is 29.8 Å². The fourth-order valence-corrected chi connectivity index (χ4v) is 7.87. The Hall–Kier alpha value is -5.36. The summed E-state index contributed by atoms with van der Waals surface area (Å²) >= 11 is 6.64. The van der Waals surface area contributed by atoms with Crippen molar-refractivity contribution in [2.45, 2.75) is 51.2 Å². The van der Waals surface area contributed by atoms with Gasteiger partial charge in [0.2, 0.25) is 11.8 Å². The summed E-state index contributed by atoms with van der Waals surface area (Å²) in [5.41, 5.74) is 1.92. The number of imide groups is 2. The third-order valence-electron chi connectivity index (χ3n) is 10.6. The summed E-state index contributed by atoms with van der Waals surface area (Å²) in [5, 5.41) is 12.8. The first-order valence-corrected chi connectivity index (χ1v) is 20.8. The van der Waals surface area contributed by atoms with Crippen molar-refractivity contribution in [3.63, 3.8) is 0 Å². The molecule has 4 heterocycles. The molecule has 324 valence electrons. The summed E-state index contributed by atoms with van der Waals surface area (Å²) in [5.74, 6) is -0.413. The molecule has 0 saturated carbocycles. The first-order chi connectivity index (χ1) is 29.6. The van der Waals surface area contributed by atoms with Crippen LogP contribution in [0, 0.1) is 0 Å². The maximum atomic E-state index is 13.3. The Kier molecular flexibility index (Phi) is 14.7. The van der Waals surface area contributed by atoms with Crippen molar-refractivity contribution >= 4 is 46.2 Å². The second kappa shape index (κ2) is 20.5. The van der Waals surface area contributed by atoms with Crippen molar-refractivity contribution < 1.29 is 57.1 Å². The standard InChI is InChI=1S/C44H48ClN3O13/c1-2-58-38-24-40-34(20-27(38)25-47-11-3-4-28(47)26-49)37(50)23-39(61-40)32-8-6-30(22-35(32)45)60-19-17-57-15-13-55-12-14-56-16-18-59-29-5-7-31-33(21-29)44(54)48(43(31)53)36-9-10-41(51)46-42(36)52/h5-8,20-24,28,36,49H,2-4,9-19,25-26H2,1H3,(H,46,51,52). The molecule has 0 bridgehead atoms. The summed E-state index contributed by atoms with van der Waals surface area (Å²) in [4.78, 5) is 66.1. The maximum Gasteiger partial charge on any atom is 0.262 e. The highest BCUT2D eigenvalue weighted by Gasteiger charge is 2.44. The Labute approximate surface area is 356 Å². The van der Waals surface area contributed by atoms with Crippen molar-refractivity contribution in [2.24, 2.45) is 0 Å². The fraction of sp³-hybridized carbons (Fsp3) is 0.432. The Morgan fingerprint density at radius 3 is 2.08 bits per heavy atom. The van der Waals surface area contributed by atoms with Gasteiger partial charge >= 0.3 is 0 Å². The van der Waals surface area contributed by atoms with E-state index < -0.39 is 29.7 Å². The number of nitrogens with one attached hydrogen (secondary N) is 1. The van der Waals surface area contributed by atoms with Crippen LogP contribution in [0.1, 0.15) is 58.9 Å². The number of likely N-dealkylation sites (tertiary alicyclic amines) is 1. The van der Waals surface area contributed by atoms with Crippen LogP contribution in [0.15, 0.2) is 63.8 Å². The van der Waals surface area contributed by atoms with Gasteiger partial charge in [-0.3, -0.25) is 39.1 Å². The van der Waals surface area contributed by atoms with Gasteiger partial charge in [0.05, 0.1) is 74.4 Å². The molecule has 3 aromatic carbocycles. The molecule has 3 aliphatic heterocycles. The van der Waals surface area contributed by atoms with Gasteiger partial charge in [-0.1, -0.05) is 11.6 Å². The zero-order chi connectivity index (χ0) is 42.9. The monoisotopic (exact) mass is 861 g/mol. The predicted octanol–water partition coefficient (Wildman–Crippen LogP) is 4.38. The lowest BCUT2D eigenvalue weighted by Gasteiger charge is -2.27. The Balaban J connectivity index is 0.777. The largest absolute Gasteiger partial charge is 0.493 e. The minimum absolute atomic E-state index is 0.0493. The third kappa shape index (κ3) is 10.4. The van der Waals surface area contributed by atoms with E-state index in [2.05, 4.69) is 10.2 Å². The van der Waals surface area contributed by atoms with E-state index in [4.69, 9.17) is 44.4 Å². The molecule has 2 N–H and O–H groups in total. The SMILES string of the molecule is CCOc1cc2oc(-c3ccc(OCCOCCOCCOCCOc4ccc5c(c4)C(=O)N(C4CCC(=O)NC4=O)C5=O)cc3Cl)cc(=O)c2cc1CN1CCCC1CO. The number of piperidine rings is 1. The smallest absolute Gasteiger partial charge is 0.262 e. The number of benzene rings is 3. The molecule has 2 unspecified atom stereocenters. The average Bonchev–Trinajstić information content (AvgIpc) is 3.80. The van der Waals surface area contributed by atoms with E-state index >= 15 is 0 Å². The lowest BCUT2D eigenvalue weighted by molar-refractivity contribution is -0.136. The number of carbonyl (C=O) groups excluding carboxylic acids is 4. The lowest BCUT2D eigenvalue weighted by Crippen LogP contribution is -2.54. The van der Waals surface area contributed by atoms with Crippen LogP contribution in [0.5, 0.6) is 17.2 Å². The van der Waals surface area contributed by atoms with Gasteiger partial charge in [0.1, 0.15) is 47.8 Å². The van der Waals surface area contributed by atoms with E-state index in [1.54, 1.807) is 30.3 Å². The van der Waals surface area contributed by atoms with E-state index in [1.807, 2.05) is 13.0 Å². The first kappa shape index (κ1) is 43.7. The zero-order valence-corrected chi connectivity index (χ0v) is 34.5. The normalized spacial score (nSPS) is 17.9. The number of rotatable bonds is 21. The highest BCUT2D eigenvalue weighted by atomic mass is 35.5. The number of aliphatic hydroxyl groups excluding tert-OH is 1. The van der Waals surface area contributed by atoms with E-state index in [-0.39, 0.29) is 61.9 Å². The van der Waals surface area contributed by atoms with Crippen molar-refractivity contribution in [3.8, 4) is 28.6 Å². The number of hydrogen-bond acceptors (Lipinski definition) is 14. The van der Waals surface area contributed by atoms with Crippen LogP contribution in [0.2, 0.25) is 5.02 Å². The predicted molar refractivity (Wildman–Crippen MR) is 221 cm³/mol. The number of hydrogen-bond donors (Lipinski definition) is 2. The second-order valence-electron chi connectivity index (χ2n) is 14.6. The van der Waals surface area contributed by atoms with Crippen molar-refractivity contribution in [1.82, 2.24) is 15.1 Å². The molecule has 2 fully saturated rings. The molecule has 2 saturated heterocycles. The third-order valence-corrected chi connectivity index (χ3v) is 11.0. The second-order valence-corrected chi connectivity index (χ2v) is 15.1. The topological polar surface area (TPSA) is 193 Å². The number of halogens is 1. The number of carbonyl (C=O) groups is 4. The lowest BCUT2D eigenvalue weighted by atomic mass is 10.0. The Morgan fingerprint density at radius 2 is 1.43 bits per heavy atom. The summed E-state index contributed by atoms with van der Waals surface area (Å²) in [6, 6.07) is 13.7. The van der Waals surface area contributed by atoms with E-state index in [1.165, 1.54) is 18.2 Å². The molecular weight excluding hydrogens is 814 g/mol. The zero-order valence-electron chi connectivity index (χ0n) is 33.8. The molecule has 61 heavy (non-hydrogen) atoms. The molecule has 16 nitrogen and oxygen atoms in total. The molecule has 3 aliphatic rings. The van der Waals surface area contributed by atoms with Crippen LogP contribution < -0.4 is 25.0 Å².